The molecule has 1 aliphatic carbocycles. The molecular weight excluding hydrogens is 396 g/mol. The van der Waals surface area contributed by atoms with Crippen LogP contribution in [0.15, 0.2) is 55.0 Å². The van der Waals surface area contributed by atoms with E-state index in [-0.39, 0.29) is 5.91 Å². The van der Waals surface area contributed by atoms with E-state index >= 15 is 0 Å². The number of rotatable bonds is 7. The van der Waals surface area contributed by atoms with Crippen LogP contribution in [-0.2, 0) is 17.8 Å². The van der Waals surface area contributed by atoms with Crippen LogP contribution in [0, 0.1) is 5.92 Å². The van der Waals surface area contributed by atoms with E-state index in [1.165, 1.54) is 51.6 Å². The summed E-state index contributed by atoms with van der Waals surface area (Å²) >= 11 is 0. The standard InChI is InChI=1S/C27H34N4O/c32-27(16-23-18-29-26-10-4-3-9-25(23)26)31(20-22-6-5-13-28-17-22)19-21-11-14-30(15-12-21)24-7-1-2-8-24/h3-6,9-10,13,17-18,21,24,29H,1-2,7-8,11-12,14-16,19-20H2. The van der Waals surface area contributed by atoms with E-state index in [2.05, 4.69) is 38.0 Å². The van der Waals surface area contributed by atoms with E-state index in [0.29, 0.717) is 18.9 Å². The summed E-state index contributed by atoms with van der Waals surface area (Å²) in [5.74, 6) is 0.785. The monoisotopic (exact) mass is 430 g/mol. The molecule has 1 aromatic carbocycles. The van der Waals surface area contributed by atoms with Crippen LogP contribution in [0.2, 0.25) is 0 Å². The molecule has 0 atom stereocenters. The highest BCUT2D eigenvalue weighted by atomic mass is 16.2. The molecule has 0 bridgehead atoms. The molecule has 1 saturated carbocycles. The number of carbonyl (C=O) groups excluding carboxylic acids is 1. The number of pyridine rings is 1. The van der Waals surface area contributed by atoms with Gasteiger partial charge in [0.05, 0.1) is 6.42 Å². The lowest BCUT2D eigenvalue weighted by molar-refractivity contribution is -0.132. The highest BCUT2D eigenvalue weighted by molar-refractivity contribution is 5.88. The number of aromatic amines is 1. The molecule has 1 amide bonds. The maximum atomic E-state index is 13.5. The number of aromatic nitrogens is 2. The van der Waals surface area contributed by atoms with Crippen LogP contribution < -0.4 is 0 Å². The lowest BCUT2D eigenvalue weighted by atomic mass is 9.94. The minimum absolute atomic E-state index is 0.205. The molecule has 2 aromatic heterocycles. The first-order valence-corrected chi connectivity index (χ1v) is 12.2. The van der Waals surface area contributed by atoms with Gasteiger partial charge in [0.25, 0.3) is 0 Å². The molecule has 3 aromatic rings. The number of hydrogen-bond acceptors (Lipinski definition) is 3. The zero-order chi connectivity index (χ0) is 21.8. The Morgan fingerprint density at radius 2 is 1.88 bits per heavy atom. The molecule has 3 heterocycles. The minimum Gasteiger partial charge on any atom is -0.361 e. The minimum atomic E-state index is 0.205. The van der Waals surface area contributed by atoms with Crippen molar-refractivity contribution in [3.8, 4) is 0 Å². The molecule has 1 aliphatic heterocycles. The van der Waals surface area contributed by atoms with Crippen molar-refractivity contribution in [2.75, 3.05) is 19.6 Å². The zero-order valence-electron chi connectivity index (χ0n) is 18.9. The van der Waals surface area contributed by atoms with E-state index in [1.807, 2.05) is 30.6 Å². The summed E-state index contributed by atoms with van der Waals surface area (Å²) in [6, 6.07) is 13.1. The molecule has 0 radical (unpaired) electrons. The number of carbonyl (C=O) groups is 1. The second-order valence-corrected chi connectivity index (χ2v) is 9.59. The first kappa shape index (κ1) is 21.2. The van der Waals surface area contributed by atoms with Crippen molar-refractivity contribution in [1.82, 2.24) is 19.8 Å². The van der Waals surface area contributed by atoms with E-state index in [9.17, 15) is 4.79 Å². The fraction of sp³-hybridized carbons (Fsp3) is 0.481. The molecule has 1 N–H and O–H groups in total. The number of piperidine rings is 1. The first-order valence-electron chi connectivity index (χ1n) is 12.2. The van der Waals surface area contributed by atoms with Gasteiger partial charge in [-0.05, 0) is 68.0 Å². The average Bonchev–Trinajstić information content (AvgIpc) is 3.51. The lowest BCUT2D eigenvalue weighted by Gasteiger charge is -2.38. The number of amides is 1. The molecule has 32 heavy (non-hydrogen) atoms. The van der Waals surface area contributed by atoms with Gasteiger partial charge in [0.1, 0.15) is 0 Å². The summed E-state index contributed by atoms with van der Waals surface area (Å²) in [6.45, 7) is 3.85. The molecule has 168 valence electrons. The first-order chi connectivity index (χ1) is 15.8. The Hall–Kier alpha value is -2.66. The number of nitrogens with zero attached hydrogens (tertiary/aromatic N) is 3. The van der Waals surface area contributed by atoms with Gasteiger partial charge < -0.3 is 14.8 Å². The molecule has 2 fully saturated rings. The van der Waals surface area contributed by atoms with Crippen molar-refractivity contribution in [3.63, 3.8) is 0 Å². The van der Waals surface area contributed by atoms with E-state index < -0.39 is 0 Å². The Bertz CT molecular complexity index is 1020. The summed E-state index contributed by atoms with van der Waals surface area (Å²) in [4.78, 5) is 25.8. The van der Waals surface area contributed by atoms with Crippen LogP contribution in [0.5, 0.6) is 0 Å². The molecule has 0 spiro atoms. The molecule has 2 aliphatic rings. The molecular formula is C27H34N4O. The molecule has 5 nitrogen and oxygen atoms in total. The van der Waals surface area contributed by atoms with Crippen molar-refractivity contribution >= 4 is 16.8 Å². The average molecular weight is 431 g/mol. The van der Waals surface area contributed by atoms with Crippen molar-refractivity contribution in [2.45, 2.75) is 57.5 Å². The topological polar surface area (TPSA) is 52.2 Å². The Morgan fingerprint density at radius 1 is 1.06 bits per heavy atom. The largest absolute Gasteiger partial charge is 0.361 e. The number of fused-ring (bicyclic) bond motifs is 1. The van der Waals surface area contributed by atoms with Crippen LogP contribution in [0.4, 0.5) is 0 Å². The zero-order valence-corrected chi connectivity index (χ0v) is 18.9. The summed E-state index contributed by atoms with van der Waals surface area (Å²) in [7, 11) is 0. The van der Waals surface area contributed by atoms with Gasteiger partial charge in [-0.3, -0.25) is 9.78 Å². The van der Waals surface area contributed by atoms with Gasteiger partial charge in [-0.1, -0.05) is 37.1 Å². The SMILES string of the molecule is O=C(Cc1c[nH]c2ccccc12)N(Cc1cccnc1)CC1CCN(C2CCCC2)CC1. The molecule has 5 heteroatoms. The Morgan fingerprint density at radius 3 is 2.66 bits per heavy atom. The number of likely N-dealkylation sites (tertiary alicyclic amines) is 1. The summed E-state index contributed by atoms with van der Waals surface area (Å²) in [6.07, 6.45) is 14.0. The second-order valence-electron chi connectivity index (χ2n) is 9.59. The van der Waals surface area contributed by atoms with Gasteiger partial charge in [-0.25, -0.2) is 0 Å². The smallest absolute Gasteiger partial charge is 0.227 e. The Balaban J connectivity index is 1.26. The fourth-order valence-corrected chi connectivity index (χ4v) is 5.60. The van der Waals surface area contributed by atoms with Crippen molar-refractivity contribution in [1.29, 1.82) is 0 Å². The third kappa shape index (κ3) is 4.88. The van der Waals surface area contributed by atoms with Crippen LogP contribution in [0.25, 0.3) is 10.9 Å². The van der Waals surface area contributed by atoms with Crippen molar-refractivity contribution < 1.29 is 4.79 Å². The van der Waals surface area contributed by atoms with Gasteiger partial charge in [-0.2, -0.15) is 0 Å². The fourth-order valence-electron chi connectivity index (χ4n) is 5.60. The third-order valence-electron chi connectivity index (χ3n) is 7.43. The van der Waals surface area contributed by atoms with Gasteiger partial charge >= 0.3 is 0 Å². The predicted octanol–water partition coefficient (Wildman–Crippen LogP) is 4.79. The quantitative estimate of drug-likeness (QED) is 0.586. The number of nitrogens with one attached hydrogen (secondary N) is 1. The number of hydrogen-bond donors (Lipinski definition) is 1. The number of para-hydroxylation sites is 1. The lowest BCUT2D eigenvalue weighted by Crippen LogP contribution is -2.44. The van der Waals surface area contributed by atoms with Gasteiger partial charge in [-0.15, -0.1) is 0 Å². The maximum Gasteiger partial charge on any atom is 0.227 e. The van der Waals surface area contributed by atoms with Crippen LogP contribution in [0.3, 0.4) is 0 Å². The highest BCUT2D eigenvalue weighted by Gasteiger charge is 2.29. The highest BCUT2D eigenvalue weighted by Crippen LogP contribution is 2.28. The second kappa shape index (κ2) is 9.86. The van der Waals surface area contributed by atoms with Gasteiger partial charge in [0, 0.05) is 48.6 Å². The molecule has 5 rings (SSSR count). The normalized spacial score (nSPS) is 18.4. The summed E-state index contributed by atoms with van der Waals surface area (Å²) < 4.78 is 0. The summed E-state index contributed by atoms with van der Waals surface area (Å²) in [5.41, 5.74) is 3.27. The Kier molecular flexibility index (Phi) is 6.54. The van der Waals surface area contributed by atoms with Gasteiger partial charge in [0.15, 0.2) is 0 Å². The van der Waals surface area contributed by atoms with Crippen molar-refractivity contribution in [2.24, 2.45) is 5.92 Å². The third-order valence-corrected chi connectivity index (χ3v) is 7.43. The predicted molar refractivity (Wildman–Crippen MR) is 128 cm³/mol. The Labute approximate surface area is 190 Å². The number of benzene rings is 1. The van der Waals surface area contributed by atoms with E-state index in [0.717, 1.165) is 34.6 Å². The van der Waals surface area contributed by atoms with Crippen LogP contribution in [0.1, 0.15) is 49.7 Å². The van der Waals surface area contributed by atoms with Crippen LogP contribution >= 0.6 is 0 Å². The van der Waals surface area contributed by atoms with E-state index in [1.54, 1.807) is 6.20 Å². The molecule has 1 saturated heterocycles. The summed E-state index contributed by atoms with van der Waals surface area (Å²) in [5, 5.41) is 1.15. The number of H-pyrrole nitrogens is 1. The maximum absolute atomic E-state index is 13.5. The van der Waals surface area contributed by atoms with Crippen molar-refractivity contribution in [3.05, 3.63) is 66.1 Å². The van der Waals surface area contributed by atoms with Crippen LogP contribution in [-0.4, -0.2) is 51.4 Å². The van der Waals surface area contributed by atoms with Gasteiger partial charge in [0.2, 0.25) is 5.91 Å². The van der Waals surface area contributed by atoms with E-state index in [4.69, 9.17) is 0 Å². The molecule has 0 unspecified atom stereocenters.